The number of nitrogens with two attached hydrogens (primary N) is 1. The zero-order chi connectivity index (χ0) is 33.8. The van der Waals surface area contributed by atoms with Crippen molar-refractivity contribution in [2.45, 2.75) is 32.4 Å². The molecule has 0 spiro atoms. The van der Waals surface area contributed by atoms with Crippen LogP contribution < -0.4 is 36.0 Å². The molecule has 3 N–H and O–H groups in total. The molecular weight excluding hydrogens is 629 g/mol. The average Bonchev–Trinajstić information content (AvgIpc) is 3.08. The van der Waals surface area contributed by atoms with Gasteiger partial charge in [0.05, 0.1) is 56.0 Å². The fourth-order valence-corrected chi connectivity index (χ4v) is 5.71. The molecule has 47 heavy (non-hydrogen) atoms. The Hall–Kier alpha value is -4.88. The second-order valence-corrected chi connectivity index (χ2v) is 11.5. The van der Waals surface area contributed by atoms with Gasteiger partial charge in [-0.3, -0.25) is 14.5 Å². The summed E-state index contributed by atoms with van der Waals surface area (Å²) in [5, 5.41) is 5.36. The van der Waals surface area contributed by atoms with Gasteiger partial charge in [-0.15, -0.1) is 0 Å². The third kappa shape index (κ3) is 6.96. The summed E-state index contributed by atoms with van der Waals surface area (Å²) in [4.78, 5) is 49.2. The van der Waals surface area contributed by atoms with E-state index in [0.29, 0.717) is 71.4 Å². The molecule has 1 saturated heterocycles. The Kier molecular flexibility index (Phi) is 10.2. The lowest BCUT2D eigenvalue weighted by atomic mass is 10.1. The van der Waals surface area contributed by atoms with Crippen LogP contribution in [0.5, 0.6) is 11.5 Å². The number of carbonyl (C=O) groups is 2. The van der Waals surface area contributed by atoms with E-state index in [1.165, 1.54) is 48.1 Å². The van der Waals surface area contributed by atoms with Crippen LogP contribution in [0.1, 0.15) is 33.6 Å². The molecule has 0 saturated carbocycles. The first-order chi connectivity index (χ1) is 22.6. The minimum atomic E-state index is -0.887. The second-order valence-electron chi connectivity index (χ2n) is 11.1. The highest BCUT2D eigenvalue weighted by molar-refractivity contribution is 6.31. The number of urea groups is 1. The van der Waals surface area contributed by atoms with Crippen molar-refractivity contribution >= 4 is 45.8 Å². The smallest absolute Gasteiger partial charge is 0.327 e. The number of carbonyl (C=O) groups excluding carboxylic acids is 2. The first-order valence-corrected chi connectivity index (χ1v) is 15.5. The third-order valence-corrected chi connectivity index (χ3v) is 8.40. The number of anilines is 2. The Morgan fingerprint density at radius 1 is 1.06 bits per heavy atom. The highest BCUT2D eigenvalue weighted by atomic mass is 35.5. The summed E-state index contributed by atoms with van der Waals surface area (Å²) >= 11 is 6.32. The number of nitrogens with one attached hydrogen (secondary N) is 1. The molecule has 12 nitrogen and oxygen atoms in total. The Labute approximate surface area is 277 Å². The molecule has 3 amide bonds. The molecule has 1 fully saturated rings. The summed E-state index contributed by atoms with van der Waals surface area (Å²) in [6.45, 7) is 4.91. The van der Waals surface area contributed by atoms with Gasteiger partial charge in [0.15, 0.2) is 5.82 Å². The van der Waals surface area contributed by atoms with Crippen molar-refractivity contribution in [3.05, 3.63) is 87.7 Å². The minimum Gasteiger partial charge on any atom is -0.497 e. The van der Waals surface area contributed by atoms with Gasteiger partial charge < -0.3 is 30.4 Å². The number of fused-ring (bicyclic) bond motifs is 1. The second kappa shape index (κ2) is 14.3. The maximum Gasteiger partial charge on any atom is 0.327 e. The fourth-order valence-electron chi connectivity index (χ4n) is 5.55. The molecule has 1 aromatic heterocycles. The van der Waals surface area contributed by atoms with Crippen molar-refractivity contribution < 1.29 is 24.9 Å². The molecule has 2 heterocycles. The largest absolute Gasteiger partial charge is 0.497 e. The van der Waals surface area contributed by atoms with E-state index < -0.39 is 23.9 Å². The minimum absolute atomic E-state index is 0. The van der Waals surface area contributed by atoms with Crippen molar-refractivity contribution in [1.82, 2.24) is 14.6 Å². The van der Waals surface area contributed by atoms with E-state index >= 15 is 0 Å². The van der Waals surface area contributed by atoms with E-state index in [1.54, 1.807) is 48.2 Å². The molecule has 1 aliphatic heterocycles. The van der Waals surface area contributed by atoms with Gasteiger partial charge in [-0.2, -0.15) is 0 Å². The van der Waals surface area contributed by atoms with Gasteiger partial charge in [-0.1, -0.05) is 18.5 Å². The van der Waals surface area contributed by atoms with E-state index in [2.05, 4.69) is 5.32 Å². The maximum atomic E-state index is 14.2. The van der Waals surface area contributed by atoms with Gasteiger partial charge >= 0.3 is 6.03 Å². The molecule has 4 aromatic rings. The van der Waals surface area contributed by atoms with Gasteiger partial charge in [0.25, 0.3) is 5.56 Å². The molecule has 3 aromatic carbocycles. The summed E-state index contributed by atoms with van der Waals surface area (Å²) in [5.41, 5.74) is 6.71. The van der Waals surface area contributed by atoms with Crippen LogP contribution in [0, 0.1) is 5.82 Å². The summed E-state index contributed by atoms with van der Waals surface area (Å²) < 4.78 is 26.2. The molecule has 0 radical (unpaired) electrons. The first kappa shape index (κ1) is 33.5. The van der Waals surface area contributed by atoms with E-state index in [1.807, 2.05) is 11.9 Å². The lowest BCUT2D eigenvalue weighted by Crippen LogP contribution is -2.58. The normalized spacial score (nSPS) is 14.4. The zero-order valence-corrected chi connectivity index (χ0v) is 27.3. The number of piperazine rings is 1. The van der Waals surface area contributed by atoms with E-state index in [4.69, 9.17) is 31.8 Å². The van der Waals surface area contributed by atoms with Gasteiger partial charge in [-0.05, 0) is 67.9 Å². The highest BCUT2D eigenvalue weighted by Gasteiger charge is 2.33. The van der Waals surface area contributed by atoms with Gasteiger partial charge in [0.2, 0.25) is 5.91 Å². The topological polar surface area (TPSA) is 135 Å². The molecule has 1 unspecified atom stereocenters. The van der Waals surface area contributed by atoms with Crippen molar-refractivity contribution in [1.29, 1.82) is 0 Å². The predicted molar refractivity (Wildman–Crippen MR) is 182 cm³/mol. The molecule has 0 bridgehead atoms. The first-order valence-electron chi connectivity index (χ1n) is 15.2. The molecule has 2 atom stereocenters. The monoisotopic (exact) mass is 667 g/mol. The van der Waals surface area contributed by atoms with Gasteiger partial charge in [0, 0.05) is 31.3 Å². The number of ether oxygens (including phenoxy) is 2. The molecule has 5 rings (SSSR count). The Bertz CT molecular complexity index is 1840. The fraction of sp³-hybridized carbons (Fsp3) is 0.333. The molecule has 250 valence electrons. The van der Waals surface area contributed by atoms with Crippen LogP contribution in [-0.4, -0.2) is 72.9 Å². The number of nitrogens with zero attached hydrogens (tertiary/aromatic N) is 5. The quantitative estimate of drug-likeness (QED) is 0.261. The van der Waals surface area contributed by atoms with Crippen LogP contribution in [0.25, 0.3) is 10.9 Å². The van der Waals surface area contributed by atoms with E-state index in [0.717, 1.165) is 0 Å². The zero-order valence-electron chi connectivity index (χ0n) is 26.6. The third-order valence-electron chi connectivity index (χ3n) is 8.16. The number of benzene rings is 3. The number of hydrogen-bond acceptors (Lipinski definition) is 8. The van der Waals surface area contributed by atoms with Crippen LogP contribution in [0.4, 0.5) is 20.6 Å². The lowest BCUT2D eigenvalue weighted by Gasteiger charge is -2.39. The van der Waals surface area contributed by atoms with Crippen molar-refractivity contribution in [2.75, 3.05) is 55.6 Å². The average molecular weight is 668 g/mol. The lowest BCUT2D eigenvalue weighted by molar-refractivity contribution is -0.133. The molecule has 14 heteroatoms. The molecular formula is C33H39ClFN7O5. The summed E-state index contributed by atoms with van der Waals surface area (Å²) in [7, 11) is 2.98. The van der Waals surface area contributed by atoms with Crippen LogP contribution in [-0.2, 0) is 4.79 Å². The van der Waals surface area contributed by atoms with Gasteiger partial charge in [-0.25, -0.2) is 18.8 Å². The van der Waals surface area contributed by atoms with E-state index in [-0.39, 0.29) is 18.7 Å². The standard InChI is InChI=1S/C33H37ClFN7O5.H2/c1-5-26(36)32(44)39-14-16-40(17-15-39)42-30(38-27-18-21(34)6-12-25(27)31(42)43)20(2)41(28-13-11-24(46-3)19-29(28)47-4)33(45)37-23-9-7-22(35)8-10-23;/h6-13,18-20,26H,5,14-17,36H2,1-4H3,(H,37,45);1H/t20?,26-;/m0./s1. The van der Waals surface area contributed by atoms with Crippen LogP contribution in [0.3, 0.4) is 0 Å². The number of rotatable bonds is 9. The highest BCUT2D eigenvalue weighted by Crippen LogP contribution is 2.37. The Morgan fingerprint density at radius 3 is 2.40 bits per heavy atom. The Morgan fingerprint density at radius 2 is 1.77 bits per heavy atom. The molecule has 1 aliphatic rings. The number of halogens is 2. The number of amides is 3. The van der Waals surface area contributed by atoms with Crippen LogP contribution in [0.2, 0.25) is 5.02 Å². The van der Waals surface area contributed by atoms with Gasteiger partial charge in [0.1, 0.15) is 17.3 Å². The van der Waals surface area contributed by atoms with Crippen molar-refractivity contribution in [3.8, 4) is 11.5 Å². The number of aromatic nitrogens is 2. The number of methoxy groups -OCH3 is 2. The Balaban J connectivity index is 0.00000520. The maximum absolute atomic E-state index is 14.2. The molecule has 0 aliphatic carbocycles. The number of hydrogen-bond donors (Lipinski definition) is 2. The van der Waals surface area contributed by atoms with E-state index in [9.17, 15) is 18.8 Å². The van der Waals surface area contributed by atoms with Crippen LogP contribution in [0.15, 0.2) is 65.5 Å². The van der Waals surface area contributed by atoms with Crippen LogP contribution >= 0.6 is 11.6 Å². The van der Waals surface area contributed by atoms with Crippen molar-refractivity contribution in [3.63, 3.8) is 0 Å². The summed E-state index contributed by atoms with van der Waals surface area (Å²) in [6.07, 6.45) is 0.516. The predicted octanol–water partition coefficient (Wildman–Crippen LogP) is 4.77. The van der Waals surface area contributed by atoms with Crippen molar-refractivity contribution in [2.24, 2.45) is 5.73 Å². The summed E-state index contributed by atoms with van der Waals surface area (Å²) in [6, 6.07) is 13.1. The SMILES string of the molecule is CC[C@H](N)C(=O)N1CCN(n2c(C(C)N(C(=O)Nc3ccc(F)cc3)c3ccc(OC)cc3OC)nc3cc(Cl)ccc3c2=O)CC1.[HH]. The summed E-state index contributed by atoms with van der Waals surface area (Å²) in [5.74, 6) is 0.466.